The third-order valence-electron chi connectivity index (χ3n) is 3.94. The number of nitrogens with zero attached hydrogens (tertiary/aromatic N) is 2. The third kappa shape index (κ3) is 5.78. The average molecular weight is 491 g/mol. The van der Waals surface area contributed by atoms with E-state index in [1.165, 1.54) is 12.1 Å². The summed E-state index contributed by atoms with van der Waals surface area (Å²) in [4.78, 5) is 3.88. The first kappa shape index (κ1) is 21.8. The number of sulfonamides is 1. The van der Waals surface area contributed by atoms with Crippen LogP contribution in [-0.2, 0) is 16.6 Å². The molecule has 1 aromatic heterocycles. The van der Waals surface area contributed by atoms with Crippen LogP contribution in [0.1, 0.15) is 11.1 Å². The van der Waals surface area contributed by atoms with E-state index in [9.17, 15) is 8.42 Å². The molecule has 0 bridgehead atoms. The van der Waals surface area contributed by atoms with Crippen LogP contribution in [0.5, 0.6) is 11.5 Å². The predicted octanol–water partition coefficient (Wildman–Crippen LogP) is 3.53. The molecule has 0 unspecified atom stereocenters. The van der Waals surface area contributed by atoms with Crippen LogP contribution in [0.3, 0.4) is 0 Å². The molecule has 0 saturated carbocycles. The van der Waals surface area contributed by atoms with Crippen molar-refractivity contribution in [2.75, 3.05) is 12.5 Å². The van der Waals surface area contributed by atoms with Crippen molar-refractivity contribution in [1.29, 1.82) is 0 Å². The van der Waals surface area contributed by atoms with Crippen LogP contribution >= 0.6 is 15.9 Å². The maximum absolute atomic E-state index is 11.3. The highest BCUT2D eigenvalue weighted by atomic mass is 79.9. The lowest BCUT2D eigenvalue weighted by Gasteiger charge is -2.13. The minimum Gasteiger partial charge on any atom is -0.493 e. The summed E-state index contributed by atoms with van der Waals surface area (Å²) in [6.45, 7) is 0.408. The molecule has 3 aromatic rings. The van der Waals surface area contributed by atoms with E-state index in [0.29, 0.717) is 23.9 Å². The molecule has 10 heteroatoms. The highest BCUT2D eigenvalue weighted by Crippen LogP contribution is 2.36. The minimum atomic E-state index is -3.78. The van der Waals surface area contributed by atoms with E-state index >= 15 is 0 Å². The van der Waals surface area contributed by atoms with Crippen molar-refractivity contribution < 1.29 is 17.9 Å². The Morgan fingerprint density at radius 1 is 1.20 bits per heavy atom. The molecule has 156 valence electrons. The number of rotatable bonds is 8. The lowest BCUT2D eigenvalue weighted by Crippen LogP contribution is -2.12. The predicted molar refractivity (Wildman–Crippen MR) is 118 cm³/mol. The number of anilines is 1. The number of pyridine rings is 1. The highest BCUT2D eigenvalue weighted by molar-refractivity contribution is 9.10. The van der Waals surface area contributed by atoms with Crippen LogP contribution in [0, 0.1) is 0 Å². The molecule has 0 radical (unpaired) electrons. The van der Waals surface area contributed by atoms with E-state index in [2.05, 4.69) is 31.4 Å². The molecule has 3 N–H and O–H groups in total. The van der Waals surface area contributed by atoms with Crippen molar-refractivity contribution >= 4 is 38.0 Å². The molecule has 8 nitrogen and oxygen atoms in total. The molecular weight excluding hydrogens is 472 g/mol. The molecular formula is C20H19BrN4O4S. The van der Waals surface area contributed by atoms with Crippen LogP contribution in [0.4, 0.5) is 5.82 Å². The number of ether oxygens (including phenoxy) is 2. The summed E-state index contributed by atoms with van der Waals surface area (Å²) in [6, 6.07) is 16.3. The van der Waals surface area contributed by atoms with E-state index in [1.54, 1.807) is 19.4 Å². The van der Waals surface area contributed by atoms with Crippen LogP contribution in [-0.4, -0.2) is 26.7 Å². The number of nitrogens with one attached hydrogen (secondary N) is 1. The summed E-state index contributed by atoms with van der Waals surface area (Å²) in [6.07, 6.45) is 2.73. The zero-order chi connectivity index (χ0) is 21.6. The average Bonchev–Trinajstić information content (AvgIpc) is 2.73. The Morgan fingerprint density at radius 3 is 2.60 bits per heavy atom. The van der Waals surface area contributed by atoms with E-state index in [1.807, 2.05) is 36.4 Å². The maximum atomic E-state index is 11.3. The van der Waals surface area contributed by atoms with E-state index < -0.39 is 10.0 Å². The summed E-state index contributed by atoms with van der Waals surface area (Å²) < 4.78 is 34.6. The largest absolute Gasteiger partial charge is 0.493 e. The summed E-state index contributed by atoms with van der Waals surface area (Å²) in [7, 11) is -2.22. The fourth-order valence-corrected chi connectivity index (χ4v) is 3.50. The number of methoxy groups -OCH3 is 1. The lowest BCUT2D eigenvalue weighted by molar-refractivity contribution is 0.282. The molecule has 0 atom stereocenters. The highest BCUT2D eigenvalue weighted by Gasteiger charge is 2.12. The zero-order valence-corrected chi connectivity index (χ0v) is 18.4. The zero-order valence-electron chi connectivity index (χ0n) is 15.9. The monoisotopic (exact) mass is 490 g/mol. The van der Waals surface area contributed by atoms with Gasteiger partial charge in [-0.05, 0) is 51.3 Å². The first-order valence-electron chi connectivity index (χ1n) is 8.69. The number of hydrazone groups is 1. The van der Waals surface area contributed by atoms with Crippen molar-refractivity contribution in [1.82, 2.24) is 4.98 Å². The fourth-order valence-electron chi connectivity index (χ4n) is 2.47. The second-order valence-electron chi connectivity index (χ2n) is 6.10. The molecule has 0 amide bonds. The number of hydrogen-bond acceptors (Lipinski definition) is 7. The van der Waals surface area contributed by atoms with E-state index in [0.717, 1.165) is 21.8 Å². The standard InChI is InChI=1S/C20H19BrN4O4S/c1-28-18-10-15(9-17(21)20(18)29-13-14-5-3-2-4-6-14)11-24-25-19-8-7-16(12-23-19)30(22,26)27/h2-12H,13H2,1H3,(H,23,25)(H2,22,26,27)/b24-11+. The van der Waals surface area contributed by atoms with Crippen molar-refractivity contribution in [3.05, 3.63) is 76.4 Å². The van der Waals surface area contributed by atoms with Gasteiger partial charge in [0.2, 0.25) is 10.0 Å². The molecule has 0 aliphatic rings. The molecule has 0 fully saturated rings. The fraction of sp³-hybridized carbons (Fsp3) is 0.100. The Hall–Kier alpha value is -2.95. The van der Waals surface area contributed by atoms with Gasteiger partial charge < -0.3 is 9.47 Å². The van der Waals surface area contributed by atoms with Gasteiger partial charge in [0.25, 0.3) is 0 Å². The molecule has 0 spiro atoms. The first-order chi connectivity index (χ1) is 14.4. The quantitative estimate of drug-likeness (QED) is 0.368. The first-order valence-corrected chi connectivity index (χ1v) is 11.0. The normalized spacial score (nSPS) is 11.4. The van der Waals surface area contributed by atoms with Gasteiger partial charge in [-0.1, -0.05) is 30.3 Å². The molecule has 2 aromatic carbocycles. The van der Waals surface area contributed by atoms with Crippen molar-refractivity contribution in [3.63, 3.8) is 0 Å². The van der Waals surface area contributed by atoms with E-state index in [-0.39, 0.29) is 4.90 Å². The smallest absolute Gasteiger partial charge is 0.239 e. The van der Waals surface area contributed by atoms with Gasteiger partial charge >= 0.3 is 0 Å². The van der Waals surface area contributed by atoms with Crippen LogP contribution < -0.4 is 20.0 Å². The van der Waals surface area contributed by atoms with Crippen LogP contribution in [0.25, 0.3) is 0 Å². The van der Waals surface area contributed by atoms with Gasteiger partial charge in [-0.3, -0.25) is 5.43 Å². The number of primary sulfonamides is 1. The third-order valence-corrected chi connectivity index (χ3v) is 5.42. The SMILES string of the molecule is COc1cc(/C=N/Nc2ccc(S(N)(=O)=O)cn2)cc(Br)c1OCc1ccccc1. The van der Waals surface area contributed by atoms with Gasteiger partial charge in [0.05, 0.1) is 17.8 Å². The Balaban J connectivity index is 1.69. The topological polar surface area (TPSA) is 116 Å². The molecule has 1 heterocycles. The van der Waals surface area contributed by atoms with Gasteiger partial charge in [-0.15, -0.1) is 0 Å². The van der Waals surface area contributed by atoms with E-state index in [4.69, 9.17) is 14.6 Å². The number of nitrogens with two attached hydrogens (primary N) is 1. The number of halogens is 1. The number of aromatic nitrogens is 1. The van der Waals surface area contributed by atoms with Crippen molar-refractivity contribution in [2.24, 2.45) is 10.2 Å². The van der Waals surface area contributed by atoms with Gasteiger partial charge in [0, 0.05) is 6.20 Å². The second-order valence-corrected chi connectivity index (χ2v) is 8.52. The van der Waals surface area contributed by atoms with Gasteiger partial charge in [-0.2, -0.15) is 5.10 Å². The second kappa shape index (κ2) is 9.70. The van der Waals surface area contributed by atoms with Crippen LogP contribution in [0.2, 0.25) is 0 Å². The Morgan fingerprint density at radius 2 is 1.97 bits per heavy atom. The summed E-state index contributed by atoms with van der Waals surface area (Å²) >= 11 is 3.51. The van der Waals surface area contributed by atoms with Gasteiger partial charge in [0.15, 0.2) is 11.5 Å². The summed E-state index contributed by atoms with van der Waals surface area (Å²) in [5.74, 6) is 1.51. The van der Waals surface area contributed by atoms with Crippen molar-refractivity contribution in [3.8, 4) is 11.5 Å². The molecule has 0 aliphatic heterocycles. The Kier molecular flexibility index (Phi) is 7.03. The minimum absolute atomic E-state index is 0.0724. The number of hydrogen-bond donors (Lipinski definition) is 2. The van der Waals surface area contributed by atoms with Gasteiger partial charge in [0.1, 0.15) is 17.3 Å². The van der Waals surface area contributed by atoms with Crippen LogP contribution in [0.15, 0.2) is 75.3 Å². The molecule has 30 heavy (non-hydrogen) atoms. The Bertz CT molecular complexity index is 1140. The molecule has 3 rings (SSSR count). The maximum Gasteiger partial charge on any atom is 0.239 e. The molecule has 0 saturated heterocycles. The summed E-state index contributed by atoms with van der Waals surface area (Å²) in [5.41, 5.74) is 4.52. The number of benzene rings is 2. The summed E-state index contributed by atoms with van der Waals surface area (Å²) in [5, 5.41) is 9.15. The van der Waals surface area contributed by atoms with Gasteiger partial charge in [-0.25, -0.2) is 18.5 Å². The Labute approximate surface area is 182 Å². The van der Waals surface area contributed by atoms with Crippen molar-refractivity contribution in [2.45, 2.75) is 11.5 Å². The lowest BCUT2D eigenvalue weighted by atomic mass is 10.2. The molecule has 0 aliphatic carbocycles.